The average Bonchev–Trinajstić information content (AvgIpc) is 2.70. The SMILES string of the molecule is Cc1cn2cccc(OCCOCCN)c2n1. The van der Waals surface area contributed by atoms with Crippen LogP contribution in [0.4, 0.5) is 0 Å². The predicted molar refractivity (Wildman–Crippen MR) is 65.3 cm³/mol. The van der Waals surface area contributed by atoms with Gasteiger partial charge in [-0.05, 0) is 19.1 Å². The monoisotopic (exact) mass is 235 g/mol. The highest BCUT2D eigenvalue weighted by molar-refractivity contribution is 5.54. The molecule has 0 fully saturated rings. The predicted octanol–water partition coefficient (Wildman–Crippen LogP) is 0.997. The molecule has 0 radical (unpaired) electrons. The summed E-state index contributed by atoms with van der Waals surface area (Å²) in [7, 11) is 0. The van der Waals surface area contributed by atoms with Gasteiger partial charge in [0.05, 0.1) is 18.9 Å². The number of pyridine rings is 1. The molecule has 0 spiro atoms. The molecule has 2 rings (SSSR count). The number of nitrogens with two attached hydrogens (primary N) is 1. The summed E-state index contributed by atoms with van der Waals surface area (Å²) in [4.78, 5) is 4.41. The van der Waals surface area contributed by atoms with Gasteiger partial charge in [-0.1, -0.05) is 0 Å². The number of hydrogen-bond acceptors (Lipinski definition) is 4. The Morgan fingerprint density at radius 3 is 3.06 bits per heavy atom. The molecule has 17 heavy (non-hydrogen) atoms. The molecule has 0 amide bonds. The maximum Gasteiger partial charge on any atom is 0.179 e. The van der Waals surface area contributed by atoms with Crippen LogP contribution in [-0.4, -0.2) is 35.8 Å². The van der Waals surface area contributed by atoms with E-state index < -0.39 is 0 Å². The lowest BCUT2D eigenvalue weighted by Crippen LogP contribution is -2.13. The van der Waals surface area contributed by atoms with Gasteiger partial charge in [-0.2, -0.15) is 0 Å². The van der Waals surface area contributed by atoms with Crippen molar-refractivity contribution >= 4 is 5.65 Å². The minimum absolute atomic E-state index is 0.506. The van der Waals surface area contributed by atoms with Crippen LogP contribution >= 0.6 is 0 Å². The van der Waals surface area contributed by atoms with E-state index in [4.69, 9.17) is 15.2 Å². The highest BCUT2D eigenvalue weighted by atomic mass is 16.5. The van der Waals surface area contributed by atoms with Crippen molar-refractivity contribution in [2.75, 3.05) is 26.4 Å². The summed E-state index contributed by atoms with van der Waals surface area (Å²) in [5.41, 5.74) is 7.13. The van der Waals surface area contributed by atoms with Crippen molar-refractivity contribution in [1.82, 2.24) is 9.38 Å². The molecule has 5 heteroatoms. The Bertz CT molecular complexity index is 482. The summed E-state index contributed by atoms with van der Waals surface area (Å²) in [6, 6.07) is 3.84. The van der Waals surface area contributed by atoms with Crippen LogP contribution in [0.2, 0.25) is 0 Å². The van der Waals surface area contributed by atoms with E-state index in [0.29, 0.717) is 26.4 Å². The summed E-state index contributed by atoms with van der Waals surface area (Å²) in [5, 5.41) is 0. The van der Waals surface area contributed by atoms with Gasteiger partial charge in [-0.15, -0.1) is 0 Å². The van der Waals surface area contributed by atoms with Gasteiger partial charge in [-0.3, -0.25) is 0 Å². The van der Waals surface area contributed by atoms with E-state index in [9.17, 15) is 0 Å². The first-order valence-electron chi connectivity index (χ1n) is 5.66. The van der Waals surface area contributed by atoms with E-state index in [1.54, 1.807) is 0 Å². The Hall–Kier alpha value is -1.59. The maximum atomic E-state index is 5.63. The number of ether oxygens (including phenoxy) is 2. The first-order valence-corrected chi connectivity index (χ1v) is 5.66. The Morgan fingerprint density at radius 1 is 1.35 bits per heavy atom. The van der Waals surface area contributed by atoms with Crippen LogP contribution in [0.3, 0.4) is 0 Å². The molecule has 0 bridgehead atoms. The molecule has 2 aromatic heterocycles. The van der Waals surface area contributed by atoms with Crippen molar-refractivity contribution in [1.29, 1.82) is 0 Å². The Balaban J connectivity index is 1.98. The largest absolute Gasteiger partial charge is 0.487 e. The fourth-order valence-corrected chi connectivity index (χ4v) is 1.62. The van der Waals surface area contributed by atoms with E-state index in [-0.39, 0.29) is 0 Å². The second kappa shape index (κ2) is 5.65. The fraction of sp³-hybridized carbons (Fsp3) is 0.417. The zero-order valence-electron chi connectivity index (χ0n) is 9.93. The highest BCUT2D eigenvalue weighted by Crippen LogP contribution is 2.18. The van der Waals surface area contributed by atoms with Crippen LogP contribution in [0.5, 0.6) is 5.75 Å². The Morgan fingerprint density at radius 2 is 2.24 bits per heavy atom. The number of rotatable bonds is 6. The molecular weight excluding hydrogens is 218 g/mol. The minimum Gasteiger partial charge on any atom is -0.487 e. The molecule has 0 aromatic carbocycles. The van der Waals surface area contributed by atoms with Gasteiger partial charge in [-0.25, -0.2) is 4.98 Å². The molecule has 92 valence electrons. The molecular formula is C12H17N3O2. The number of imidazole rings is 1. The molecule has 2 heterocycles. The van der Waals surface area contributed by atoms with Crippen molar-refractivity contribution in [3.8, 4) is 5.75 Å². The molecule has 0 saturated heterocycles. The maximum absolute atomic E-state index is 5.63. The first-order chi connectivity index (χ1) is 8.31. The molecule has 5 nitrogen and oxygen atoms in total. The molecule has 0 aliphatic heterocycles. The highest BCUT2D eigenvalue weighted by Gasteiger charge is 2.04. The lowest BCUT2D eigenvalue weighted by atomic mass is 10.4. The topological polar surface area (TPSA) is 61.8 Å². The lowest BCUT2D eigenvalue weighted by molar-refractivity contribution is 0.106. The quantitative estimate of drug-likeness (QED) is 0.759. The van der Waals surface area contributed by atoms with Crippen molar-refractivity contribution < 1.29 is 9.47 Å². The van der Waals surface area contributed by atoms with Gasteiger partial charge in [0.2, 0.25) is 0 Å². The third-order valence-corrected chi connectivity index (χ3v) is 2.31. The zero-order valence-corrected chi connectivity index (χ0v) is 9.93. The number of hydrogen-bond donors (Lipinski definition) is 1. The summed E-state index contributed by atoms with van der Waals surface area (Å²) in [6.07, 6.45) is 3.92. The molecule has 0 unspecified atom stereocenters. The van der Waals surface area contributed by atoms with Gasteiger partial charge in [0.15, 0.2) is 11.4 Å². The van der Waals surface area contributed by atoms with Gasteiger partial charge in [0, 0.05) is 18.9 Å². The summed E-state index contributed by atoms with van der Waals surface area (Å²) in [6.45, 7) is 4.11. The van der Waals surface area contributed by atoms with Crippen molar-refractivity contribution in [3.63, 3.8) is 0 Å². The van der Waals surface area contributed by atoms with Gasteiger partial charge in [0.25, 0.3) is 0 Å². The van der Waals surface area contributed by atoms with Crippen LogP contribution in [0.15, 0.2) is 24.5 Å². The van der Waals surface area contributed by atoms with Crippen molar-refractivity contribution in [3.05, 3.63) is 30.2 Å². The molecule has 2 aromatic rings. The zero-order chi connectivity index (χ0) is 12.1. The summed E-state index contributed by atoms with van der Waals surface area (Å²) in [5.74, 6) is 0.775. The van der Waals surface area contributed by atoms with Crippen LogP contribution in [0.25, 0.3) is 5.65 Å². The summed E-state index contributed by atoms with van der Waals surface area (Å²) < 4.78 is 12.8. The number of fused-ring (bicyclic) bond motifs is 1. The van der Waals surface area contributed by atoms with E-state index in [2.05, 4.69) is 4.98 Å². The molecule has 0 aliphatic carbocycles. The molecule has 0 aliphatic rings. The minimum atomic E-state index is 0.506. The molecule has 2 N–H and O–H groups in total. The normalized spacial score (nSPS) is 10.9. The number of nitrogens with zero attached hydrogens (tertiary/aromatic N) is 2. The van der Waals surface area contributed by atoms with Gasteiger partial charge >= 0.3 is 0 Å². The second-order valence-electron chi connectivity index (χ2n) is 3.74. The molecule has 0 saturated carbocycles. The Labute approximate surface area is 100 Å². The van der Waals surface area contributed by atoms with Crippen LogP contribution in [0, 0.1) is 6.92 Å². The standard InChI is InChI=1S/C12H17N3O2/c1-10-9-15-5-2-3-11(12(15)14-10)17-8-7-16-6-4-13/h2-3,5,9H,4,6-8,13H2,1H3. The number of aryl methyl sites for hydroxylation is 1. The third kappa shape index (κ3) is 2.95. The van der Waals surface area contributed by atoms with Gasteiger partial charge < -0.3 is 19.6 Å². The third-order valence-electron chi connectivity index (χ3n) is 2.31. The van der Waals surface area contributed by atoms with Gasteiger partial charge in [0.1, 0.15) is 6.61 Å². The summed E-state index contributed by atoms with van der Waals surface area (Å²) >= 11 is 0. The average molecular weight is 235 g/mol. The lowest BCUT2D eigenvalue weighted by Gasteiger charge is -2.07. The van der Waals surface area contributed by atoms with E-state index in [1.165, 1.54) is 0 Å². The van der Waals surface area contributed by atoms with Crippen LogP contribution in [-0.2, 0) is 4.74 Å². The molecule has 0 atom stereocenters. The van der Waals surface area contributed by atoms with Crippen molar-refractivity contribution in [2.45, 2.75) is 6.92 Å². The fourth-order valence-electron chi connectivity index (χ4n) is 1.62. The first kappa shape index (κ1) is 11.9. The smallest absolute Gasteiger partial charge is 0.179 e. The number of aromatic nitrogens is 2. The van der Waals surface area contributed by atoms with Crippen LogP contribution < -0.4 is 10.5 Å². The van der Waals surface area contributed by atoms with E-state index in [0.717, 1.165) is 17.1 Å². The van der Waals surface area contributed by atoms with Crippen LogP contribution in [0.1, 0.15) is 5.69 Å². The van der Waals surface area contributed by atoms with Crippen molar-refractivity contribution in [2.24, 2.45) is 5.73 Å². The Kier molecular flexibility index (Phi) is 3.95. The van der Waals surface area contributed by atoms with E-state index >= 15 is 0 Å². The van der Waals surface area contributed by atoms with E-state index in [1.807, 2.05) is 35.9 Å². The second-order valence-corrected chi connectivity index (χ2v) is 3.74.